The molecule has 1 heterocycles. The maximum Gasteiger partial charge on any atom is 0.176 e. The van der Waals surface area contributed by atoms with E-state index in [1.54, 1.807) is 25.2 Å². The summed E-state index contributed by atoms with van der Waals surface area (Å²) >= 11 is 1.40. The van der Waals surface area contributed by atoms with E-state index in [4.69, 9.17) is 5.73 Å². The molecule has 0 spiro atoms. The average molecular weight is 267 g/mol. The lowest BCUT2D eigenvalue weighted by molar-refractivity contribution is 0.601. The zero-order valence-corrected chi connectivity index (χ0v) is 10.8. The highest BCUT2D eigenvalue weighted by Crippen LogP contribution is 2.21. The van der Waals surface area contributed by atoms with Gasteiger partial charge < -0.3 is 5.73 Å². The standard InChI is InChI=1S/C11H14FN5S/c1-17-15-11(14-16-17)6-8(13)7-18-10-5-3-2-4-9(10)12/h2-5,8H,6-7,13H2,1H3. The van der Waals surface area contributed by atoms with Crippen molar-refractivity contribution >= 4 is 11.8 Å². The molecule has 1 aromatic heterocycles. The fourth-order valence-electron chi connectivity index (χ4n) is 1.46. The van der Waals surface area contributed by atoms with E-state index in [0.29, 0.717) is 22.9 Å². The number of hydrogen-bond donors (Lipinski definition) is 1. The van der Waals surface area contributed by atoms with Crippen LogP contribution >= 0.6 is 11.8 Å². The lowest BCUT2D eigenvalue weighted by atomic mass is 10.2. The van der Waals surface area contributed by atoms with Crippen LogP contribution in [0.5, 0.6) is 0 Å². The number of hydrogen-bond acceptors (Lipinski definition) is 5. The predicted molar refractivity (Wildman–Crippen MR) is 67.6 cm³/mol. The Bertz CT molecular complexity index is 516. The van der Waals surface area contributed by atoms with E-state index >= 15 is 0 Å². The van der Waals surface area contributed by atoms with Gasteiger partial charge in [-0.1, -0.05) is 12.1 Å². The minimum absolute atomic E-state index is 0.126. The van der Waals surface area contributed by atoms with Gasteiger partial charge in [0.05, 0.1) is 7.05 Å². The van der Waals surface area contributed by atoms with Crippen molar-refractivity contribution in [2.75, 3.05) is 5.75 Å². The largest absolute Gasteiger partial charge is 0.327 e. The summed E-state index contributed by atoms with van der Waals surface area (Å²) in [5, 5.41) is 11.7. The van der Waals surface area contributed by atoms with Gasteiger partial charge >= 0.3 is 0 Å². The molecule has 0 saturated heterocycles. The molecule has 0 saturated carbocycles. The van der Waals surface area contributed by atoms with Gasteiger partial charge in [0.2, 0.25) is 0 Å². The first-order valence-electron chi connectivity index (χ1n) is 5.51. The van der Waals surface area contributed by atoms with Gasteiger partial charge in [0.15, 0.2) is 5.82 Å². The third-order valence-corrected chi connectivity index (χ3v) is 3.52. The van der Waals surface area contributed by atoms with E-state index in [0.717, 1.165) is 0 Å². The lowest BCUT2D eigenvalue weighted by Crippen LogP contribution is -2.26. The zero-order valence-electron chi connectivity index (χ0n) is 9.95. The molecule has 1 aromatic carbocycles. The van der Waals surface area contributed by atoms with E-state index in [1.165, 1.54) is 22.6 Å². The van der Waals surface area contributed by atoms with Crippen molar-refractivity contribution in [3.8, 4) is 0 Å². The van der Waals surface area contributed by atoms with Crippen LogP contribution in [0, 0.1) is 5.82 Å². The summed E-state index contributed by atoms with van der Waals surface area (Å²) in [6.07, 6.45) is 0.537. The summed E-state index contributed by atoms with van der Waals surface area (Å²) < 4.78 is 13.4. The van der Waals surface area contributed by atoms with Crippen LogP contribution in [0.25, 0.3) is 0 Å². The Morgan fingerprint density at radius 1 is 1.44 bits per heavy atom. The van der Waals surface area contributed by atoms with E-state index in [1.807, 2.05) is 0 Å². The van der Waals surface area contributed by atoms with Gasteiger partial charge in [-0.25, -0.2) is 4.39 Å². The fourth-order valence-corrected chi connectivity index (χ4v) is 2.35. The van der Waals surface area contributed by atoms with Crippen LogP contribution in [0.15, 0.2) is 29.2 Å². The van der Waals surface area contributed by atoms with Crippen LogP contribution in [-0.4, -0.2) is 32.0 Å². The summed E-state index contributed by atoms with van der Waals surface area (Å²) in [6, 6.07) is 6.54. The minimum Gasteiger partial charge on any atom is -0.327 e. The number of aryl methyl sites for hydroxylation is 1. The van der Waals surface area contributed by atoms with E-state index in [9.17, 15) is 4.39 Å². The SMILES string of the molecule is Cn1nnc(CC(N)CSc2ccccc2F)n1. The first kappa shape index (κ1) is 13.0. The van der Waals surface area contributed by atoms with Gasteiger partial charge in [-0.05, 0) is 17.3 Å². The average Bonchev–Trinajstić information content (AvgIpc) is 2.74. The first-order chi connectivity index (χ1) is 8.65. The Labute approximate surface area is 109 Å². The molecule has 2 N–H and O–H groups in total. The molecule has 0 bridgehead atoms. The van der Waals surface area contributed by atoms with Crippen LogP contribution in [-0.2, 0) is 13.5 Å². The molecule has 0 radical (unpaired) electrons. The van der Waals surface area contributed by atoms with Crippen LogP contribution in [0.3, 0.4) is 0 Å². The molecule has 1 unspecified atom stereocenters. The van der Waals surface area contributed by atoms with Gasteiger partial charge in [0, 0.05) is 23.1 Å². The molecule has 96 valence electrons. The van der Waals surface area contributed by atoms with Crippen LogP contribution in [0.4, 0.5) is 4.39 Å². The minimum atomic E-state index is -0.215. The molecule has 0 aliphatic rings. The molecule has 2 rings (SSSR count). The number of rotatable bonds is 5. The monoisotopic (exact) mass is 267 g/mol. The Kier molecular flexibility index (Phi) is 4.27. The van der Waals surface area contributed by atoms with E-state index in [-0.39, 0.29) is 11.9 Å². The maximum absolute atomic E-state index is 13.4. The number of tetrazole rings is 1. The highest BCUT2D eigenvalue weighted by atomic mass is 32.2. The number of halogens is 1. The second kappa shape index (κ2) is 5.92. The molecule has 5 nitrogen and oxygen atoms in total. The predicted octanol–water partition coefficient (Wildman–Crippen LogP) is 1.01. The van der Waals surface area contributed by atoms with Crippen LogP contribution in [0.2, 0.25) is 0 Å². The van der Waals surface area contributed by atoms with Crippen molar-refractivity contribution in [2.45, 2.75) is 17.4 Å². The molecule has 0 aliphatic carbocycles. The summed E-state index contributed by atoms with van der Waals surface area (Å²) in [6.45, 7) is 0. The molecule has 1 atom stereocenters. The van der Waals surface area contributed by atoms with Crippen molar-refractivity contribution in [3.63, 3.8) is 0 Å². The van der Waals surface area contributed by atoms with E-state index in [2.05, 4.69) is 15.4 Å². The normalized spacial score (nSPS) is 12.6. The molecular weight excluding hydrogens is 253 g/mol. The Morgan fingerprint density at radius 2 is 2.22 bits per heavy atom. The van der Waals surface area contributed by atoms with Crippen molar-refractivity contribution in [2.24, 2.45) is 12.8 Å². The topological polar surface area (TPSA) is 69.6 Å². The Balaban J connectivity index is 1.85. The summed E-state index contributed by atoms with van der Waals surface area (Å²) in [7, 11) is 1.70. The number of benzene rings is 1. The molecular formula is C11H14FN5S. The second-order valence-electron chi connectivity index (χ2n) is 3.90. The van der Waals surface area contributed by atoms with Crippen LogP contribution in [0.1, 0.15) is 5.82 Å². The van der Waals surface area contributed by atoms with Gasteiger partial charge in [-0.2, -0.15) is 4.80 Å². The first-order valence-corrected chi connectivity index (χ1v) is 6.49. The summed E-state index contributed by atoms with van der Waals surface area (Å²) in [5.74, 6) is 1.01. The quantitative estimate of drug-likeness (QED) is 0.819. The Hall–Kier alpha value is -1.47. The molecule has 18 heavy (non-hydrogen) atoms. The third-order valence-electron chi connectivity index (χ3n) is 2.28. The highest BCUT2D eigenvalue weighted by Gasteiger charge is 2.10. The van der Waals surface area contributed by atoms with Gasteiger partial charge in [-0.15, -0.1) is 22.0 Å². The van der Waals surface area contributed by atoms with Gasteiger partial charge in [0.25, 0.3) is 0 Å². The highest BCUT2D eigenvalue weighted by molar-refractivity contribution is 7.99. The maximum atomic E-state index is 13.4. The van der Waals surface area contributed by atoms with Crippen molar-refractivity contribution in [1.29, 1.82) is 0 Å². The molecule has 7 heteroatoms. The zero-order chi connectivity index (χ0) is 13.0. The van der Waals surface area contributed by atoms with Gasteiger partial charge in [0.1, 0.15) is 5.82 Å². The van der Waals surface area contributed by atoms with Crippen molar-refractivity contribution < 1.29 is 4.39 Å². The molecule has 2 aromatic rings. The van der Waals surface area contributed by atoms with Gasteiger partial charge in [-0.3, -0.25) is 0 Å². The summed E-state index contributed by atoms with van der Waals surface area (Å²) in [5.41, 5.74) is 5.95. The number of thioether (sulfide) groups is 1. The fraction of sp³-hybridized carbons (Fsp3) is 0.364. The lowest BCUT2D eigenvalue weighted by Gasteiger charge is -2.09. The number of aromatic nitrogens is 4. The van der Waals surface area contributed by atoms with Crippen LogP contribution < -0.4 is 5.73 Å². The molecule has 0 aliphatic heterocycles. The third kappa shape index (κ3) is 3.51. The summed E-state index contributed by atoms with van der Waals surface area (Å²) in [4.78, 5) is 2.01. The number of nitrogens with two attached hydrogens (primary N) is 1. The van der Waals surface area contributed by atoms with E-state index < -0.39 is 0 Å². The second-order valence-corrected chi connectivity index (χ2v) is 4.96. The molecule has 0 fully saturated rings. The van der Waals surface area contributed by atoms with Crippen molar-refractivity contribution in [1.82, 2.24) is 20.2 Å². The Morgan fingerprint density at radius 3 is 2.89 bits per heavy atom. The van der Waals surface area contributed by atoms with Crippen molar-refractivity contribution in [3.05, 3.63) is 35.9 Å². The smallest absolute Gasteiger partial charge is 0.176 e. The molecule has 0 amide bonds. The number of nitrogens with zero attached hydrogens (tertiary/aromatic N) is 4.